The number of hydrogen-bond acceptors (Lipinski definition) is 8. The van der Waals surface area contributed by atoms with E-state index >= 15 is 0 Å². The van der Waals surface area contributed by atoms with Gasteiger partial charge < -0.3 is 18.9 Å². The van der Waals surface area contributed by atoms with E-state index in [0.717, 1.165) is 12.8 Å². The van der Waals surface area contributed by atoms with Crippen molar-refractivity contribution in [2.45, 2.75) is 70.2 Å². The summed E-state index contributed by atoms with van der Waals surface area (Å²) >= 11 is 0. The first-order valence-electron chi connectivity index (χ1n) is 13.4. The Balaban J connectivity index is 1.67. The SMILES string of the molecule is CCCCCCCCOc1ccc(C2OC3(C)OC(=N)C(C#N)(C3c3ccccc3OC)C2(C#N)C#N)cc1. The van der Waals surface area contributed by atoms with E-state index in [2.05, 4.69) is 25.1 Å². The molecule has 0 saturated carbocycles. The van der Waals surface area contributed by atoms with Gasteiger partial charge in [-0.15, -0.1) is 0 Å². The maximum atomic E-state index is 10.7. The van der Waals surface area contributed by atoms with E-state index in [-0.39, 0.29) is 0 Å². The number of fused-ring (bicyclic) bond motifs is 2. The molecule has 2 saturated heterocycles. The van der Waals surface area contributed by atoms with Gasteiger partial charge in [0.25, 0.3) is 0 Å². The van der Waals surface area contributed by atoms with Crippen molar-refractivity contribution in [1.29, 1.82) is 21.2 Å². The van der Waals surface area contributed by atoms with Crippen molar-refractivity contribution in [1.82, 2.24) is 0 Å². The predicted molar refractivity (Wildman–Crippen MR) is 144 cm³/mol. The number of nitrogens with zero attached hydrogens (tertiary/aromatic N) is 3. The summed E-state index contributed by atoms with van der Waals surface area (Å²) < 4.78 is 23.8. The number of nitrogens with one attached hydrogen (secondary N) is 1. The van der Waals surface area contributed by atoms with Gasteiger partial charge in [0.05, 0.1) is 37.8 Å². The fraction of sp³-hybridized carbons (Fsp3) is 0.484. The van der Waals surface area contributed by atoms with Crippen LogP contribution in [0, 0.1) is 50.2 Å². The molecule has 4 atom stereocenters. The van der Waals surface area contributed by atoms with Crippen molar-refractivity contribution in [3.63, 3.8) is 0 Å². The van der Waals surface area contributed by atoms with Gasteiger partial charge >= 0.3 is 0 Å². The van der Waals surface area contributed by atoms with Crippen LogP contribution in [0.25, 0.3) is 0 Å². The van der Waals surface area contributed by atoms with Crippen molar-refractivity contribution in [3.05, 3.63) is 59.7 Å². The minimum Gasteiger partial charge on any atom is -0.496 e. The van der Waals surface area contributed by atoms with Crippen molar-refractivity contribution < 1.29 is 18.9 Å². The molecule has 0 aromatic heterocycles. The Kier molecular flexibility index (Phi) is 8.14. The average molecular weight is 527 g/mol. The van der Waals surface area contributed by atoms with Crippen LogP contribution >= 0.6 is 0 Å². The number of ether oxygens (including phenoxy) is 4. The summed E-state index contributed by atoms with van der Waals surface area (Å²) in [6.45, 7) is 4.44. The number of para-hydroxylation sites is 1. The van der Waals surface area contributed by atoms with E-state index in [1.807, 2.05) is 0 Å². The van der Waals surface area contributed by atoms with Crippen LogP contribution in [0.1, 0.15) is 75.5 Å². The molecule has 1 N–H and O–H groups in total. The molecule has 0 radical (unpaired) electrons. The molecule has 2 aromatic carbocycles. The molecule has 2 aromatic rings. The van der Waals surface area contributed by atoms with Crippen LogP contribution in [-0.2, 0) is 9.47 Å². The predicted octanol–water partition coefficient (Wildman–Crippen LogP) is 6.56. The fourth-order valence-corrected chi connectivity index (χ4v) is 5.97. The molecule has 2 aliphatic rings. The molecule has 2 heterocycles. The van der Waals surface area contributed by atoms with E-state index in [0.29, 0.717) is 29.2 Å². The maximum absolute atomic E-state index is 10.7. The van der Waals surface area contributed by atoms with Gasteiger partial charge in [-0.25, -0.2) is 0 Å². The number of nitriles is 3. The molecule has 4 unspecified atom stereocenters. The monoisotopic (exact) mass is 526 g/mol. The number of benzene rings is 2. The van der Waals surface area contributed by atoms with Crippen LogP contribution in [0.2, 0.25) is 0 Å². The number of rotatable bonds is 11. The summed E-state index contributed by atoms with van der Waals surface area (Å²) in [5.74, 6) is -1.81. The van der Waals surface area contributed by atoms with Gasteiger partial charge in [0.2, 0.25) is 17.1 Å². The van der Waals surface area contributed by atoms with Crippen molar-refractivity contribution >= 4 is 5.90 Å². The van der Waals surface area contributed by atoms with Crippen LogP contribution in [0.15, 0.2) is 48.5 Å². The molecule has 8 heteroatoms. The highest BCUT2D eigenvalue weighted by atomic mass is 16.7. The minimum atomic E-state index is -2.08. The fourth-order valence-electron chi connectivity index (χ4n) is 5.97. The number of methoxy groups -OCH3 is 1. The lowest BCUT2D eigenvalue weighted by Gasteiger charge is -2.49. The van der Waals surface area contributed by atoms with Gasteiger partial charge in [-0.1, -0.05) is 69.4 Å². The molecule has 2 aliphatic heterocycles. The molecular formula is C31H34N4O4. The van der Waals surface area contributed by atoms with E-state index < -0.39 is 34.5 Å². The third kappa shape index (κ3) is 4.48. The number of hydrogen-bond donors (Lipinski definition) is 1. The lowest BCUT2D eigenvalue weighted by Crippen LogP contribution is -2.57. The van der Waals surface area contributed by atoms with Gasteiger partial charge in [0.15, 0.2) is 5.41 Å². The summed E-state index contributed by atoms with van der Waals surface area (Å²) in [5.41, 5.74) is -2.98. The van der Waals surface area contributed by atoms with Gasteiger partial charge in [-0.2, -0.15) is 15.8 Å². The van der Waals surface area contributed by atoms with Crippen LogP contribution in [0.3, 0.4) is 0 Å². The second kappa shape index (κ2) is 11.4. The first-order chi connectivity index (χ1) is 18.9. The molecule has 8 nitrogen and oxygen atoms in total. The highest BCUT2D eigenvalue weighted by molar-refractivity contribution is 5.90. The highest BCUT2D eigenvalue weighted by Crippen LogP contribution is 2.70. The van der Waals surface area contributed by atoms with E-state index in [4.69, 9.17) is 24.4 Å². The Morgan fingerprint density at radius 3 is 2.23 bits per heavy atom. The molecule has 0 amide bonds. The van der Waals surface area contributed by atoms with Crippen molar-refractivity contribution in [3.8, 4) is 29.7 Å². The smallest absolute Gasteiger partial charge is 0.219 e. The second-order valence-corrected chi connectivity index (χ2v) is 10.3. The summed E-state index contributed by atoms with van der Waals surface area (Å²) in [4.78, 5) is 0. The second-order valence-electron chi connectivity index (χ2n) is 10.3. The summed E-state index contributed by atoms with van der Waals surface area (Å²) in [5, 5.41) is 40.5. The van der Waals surface area contributed by atoms with Gasteiger partial charge in [0.1, 0.15) is 17.6 Å². The Hall–Kier alpha value is -4.06. The maximum Gasteiger partial charge on any atom is 0.219 e. The molecule has 4 rings (SSSR count). The molecule has 0 spiro atoms. The van der Waals surface area contributed by atoms with Gasteiger partial charge in [0, 0.05) is 12.5 Å². The quantitative estimate of drug-likeness (QED) is 0.328. The summed E-state index contributed by atoms with van der Waals surface area (Å²) in [7, 11) is 1.50. The number of unbranched alkanes of at least 4 members (excludes halogenated alkanes) is 5. The molecule has 39 heavy (non-hydrogen) atoms. The Morgan fingerprint density at radius 1 is 0.923 bits per heavy atom. The first kappa shape index (κ1) is 28.0. The van der Waals surface area contributed by atoms with Gasteiger partial charge in [-0.05, 0) is 30.2 Å². The molecule has 2 bridgehead atoms. The first-order valence-corrected chi connectivity index (χ1v) is 13.4. The van der Waals surface area contributed by atoms with Gasteiger partial charge in [-0.3, -0.25) is 5.41 Å². The van der Waals surface area contributed by atoms with Crippen molar-refractivity contribution in [2.24, 2.45) is 10.8 Å². The van der Waals surface area contributed by atoms with E-state index in [9.17, 15) is 15.8 Å². The molecular weight excluding hydrogens is 492 g/mol. The van der Waals surface area contributed by atoms with Crippen molar-refractivity contribution in [2.75, 3.05) is 13.7 Å². The van der Waals surface area contributed by atoms with Crippen LogP contribution < -0.4 is 9.47 Å². The standard InChI is InChI=1S/C31H34N4O4/c1-4-5-6-7-8-11-18-37-23-16-14-22(15-17-23)27-30(19-32,20-33)31(21-34)26(29(2,38-27)39-28(31)35)24-12-9-10-13-25(24)36-3/h9-10,12-17,26-27,35H,4-8,11,18H2,1-3H3. The van der Waals surface area contributed by atoms with Crippen LogP contribution in [0.5, 0.6) is 11.5 Å². The molecule has 2 fully saturated rings. The third-order valence-electron chi connectivity index (χ3n) is 7.92. The zero-order valence-electron chi connectivity index (χ0n) is 22.7. The van der Waals surface area contributed by atoms with E-state index in [1.54, 1.807) is 55.5 Å². The molecule has 0 aliphatic carbocycles. The zero-order valence-corrected chi connectivity index (χ0v) is 22.7. The Bertz CT molecular complexity index is 1310. The minimum absolute atomic E-state index is 0.449. The Morgan fingerprint density at radius 2 is 1.59 bits per heavy atom. The lowest BCUT2D eigenvalue weighted by molar-refractivity contribution is -0.253. The van der Waals surface area contributed by atoms with Crippen LogP contribution in [-0.4, -0.2) is 25.4 Å². The molecule has 202 valence electrons. The summed E-state index contributed by atoms with van der Waals surface area (Å²) in [6.07, 6.45) is 5.86. The zero-order chi connectivity index (χ0) is 28.1. The largest absolute Gasteiger partial charge is 0.496 e. The average Bonchev–Trinajstić information content (AvgIpc) is 3.14. The van der Waals surface area contributed by atoms with Crippen LogP contribution in [0.4, 0.5) is 0 Å². The third-order valence-corrected chi connectivity index (χ3v) is 7.92. The lowest BCUT2D eigenvalue weighted by atomic mass is 9.52. The normalized spacial score (nSPS) is 26.5. The topological polar surface area (TPSA) is 132 Å². The highest BCUT2D eigenvalue weighted by Gasteiger charge is 2.80. The Labute approximate surface area is 230 Å². The van der Waals surface area contributed by atoms with E-state index in [1.165, 1.54) is 32.8 Å². The summed E-state index contributed by atoms with van der Waals surface area (Å²) in [6, 6.07) is 20.4.